The zero-order valence-corrected chi connectivity index (χ0v) is 9.52. The van der Waals surface area contributed by atoms with E-state index in [2.05, 4.69) is 25.2 Å². The molecule has 1 amide bonds. The van der Waals surface area contributed by atoms with Crippen LogP contribution in [0.5, 0.6) is 0 Å². The van der Waals surface area contributed by atoms with Crippen molar-refractivity contribution in [2.45, 2.75) is 25.7 Å². The third-order valence-corrected chi connectivity index (χ3v) is 2.37. The van der Waals surface area contributed by atoms with Crippen molar-refractivity contribution < 1.29 is 14.3 Å². The Morgan fingerprint density at radius 2 is 2.29 bits per heavy atom. The van der Waals surface area contributed by atoms with Gasteiger partial charge >= 0.3 is 5.97 Å². The molecular weight excluding hydrogens is 224 g/mol. The van der Waals surface area contributed by atoms with E-state index in [9.17, 15) is 9.59 Å². The van der Waals surface area contributed by atoms with Gasteiger partial charge in [-0.05, 0) is 19.8 Å². The van der Waals surface area contributed by atoms with Gasteiger partial charge in [0.1, 0.15) is 12.4 Å². The smallest absolute Gasteiger partial charge is 0.325 e. The minimum atomic E-state index is -0.473. The molecule has 0 spiro atoms. The van der Waals surface area contributed by atoms with Gasteiger partial charge < -0.3 is 10.1 Å². The second kappa shape index (κ2) is 4.94. The van der Waals surface area contributed by atoms with Gasteiger partial charge in [0, 0.05) is 5.92 Å². The second-order valence-corrected chi connectivity index (χ2v) is 3.81. The lowest BCUT2D eigenvalue weighted by Crippen LogP contribution is -2.31. The van der Waals surface area contributed by atoms with Crippen LogP contribution in [-0.2, 0) is 9.53 Å². The summed E-state index contributed by atoms with van der Waals surface area (Å²) < 4.78 is 4.68. The topological polar surface area (TPSA) is 97.0 Å². The Bertz CT molecular complexity index is 425. The largest absolute Gasteiger partial charge is 0.465 e. The van der Waals surface area contributed by atoms with Crippen LogP contribution in [0.15, 0.2) is 0 Å². The standard InChI is InChI=1S/C10H14N4O3/c1-2-17-7(15)5-11-10(16)9-12-8(13-14-9)6-3-4-6/h6H,2-5H2,1H3,(H,11,16)(H,12,13,14). The zero-order valence-electron chi connectivity index (χ0n) is 9.52. The van der Waals surface area contributed by atoms with E-state index in [0.717, 1.165) is 18.7 Å². The van der Waals surface area contributed by atoms with Crippen LogP contribution in [0.4, 0.5) is 0 Å². The molecule has 1 aromatic rings. The molecule has 0 unspecified atom stereocenters. The summed E-state index contributed by atoms with van der Waals surface area (Å²) in [5, 5.41) is 8.92. The lowest BCUT2D eigenvalue weighted by Gasteiger charge is -2.01. The number of H-pyrrole nitrogens is 1. The number of rotatable bonds is 5. The summed E-state index contributed by atoms with van der Waals surface area (Å²) in [5.41, 5.74) is 0. The maximum absolute atomic E-state index is 11.5. The lowest BCUT2D eigenvalue weighted by atomic mass is 10.4. The molecule has 1 aliphatic carbocycles. The Kier molecular flexibility index (Phi) is 3.36. The molecule has 0 aliphatic heterocycles. The van der Waals surface area contributed by atoms with Crippen LogP contribution in [0.2, 0.25) is 0 Å². The molecule has 0 bridgehead atoms. The molecule has 0 saturated heterocycles. The number of nitrogens with one attached hydrogen (secondary N) is 2. The highest BCUT2D eigenvalue weighted by Crippen LogP contribution is 2.37. The van der Waals surface area contributed by atoms with E-state index < -0.39 is 11.9 Å². The highest BCUT2D eigenvalue weighted by atomic mass is 16.5. The molecule has 92 valence electrons. The molecule has 1 saturated carbocycles. The van der Waals surface area contributed by atoms with Crippen molar-refractivity contribution in [1.29, 1.82) is 0 Å². The number of ether oxygens (including phenoxy) is 1. The molecular formula is C10H14N4O3. The summed E-state index contributed by atoms with van der Waals surface area (Å²) in [6.45, 7) is 1.83. The van der Waals surface area contributed by atoms with E-state index in [1.54, 1.807) is 6.92 Å². The highest BCUT2D eigenvalue weighted by molar-refractivity contribution is 5.92. The van der Waals surface area contributed by atoms with Crippen molar-refractivity contribution in [2.75, 3.05) is 13.2 Å². The predicted octanol–water partition coefficient (Wildman–Crippen LogP) is -0.0250. The first-order valence-electron chi connectivity index (χ1n) is 5.56. The van der Waals surface area contributed by atoms with E-state index >= 15 is 0 Å². The van der Waals surface area contributed by atoms with Crippen LogP contribution in [0, 0.1) is 0 Å². The first kappa shape index (κ1) is 11.6. The van der Waals surface area contributed by atoms with Gasteiger partial charge in [-0.2, -0.15) is 0 Å². The van der Waals surface area contributed by atoms with E-state index in [0.29, 0.717) is 12.5 Å². The predicted molar refractivity (Wildman–Crippen MR) is 57.3 cm³/mol. The average Bonchev–Trinajstić information content (AvgIpc) is 3.05. The van der Waals surface area contributed by atoms with Gasteiger partial charge in [-0.1, -0.05) is 0 Å². The van der Waals surface area contributed by atoms with E-state index in [-0.39, 0.29) is 12.4 Å². The number of aromatic nitrogens is 3. The SMILES string of the molecule is CCOC(=O)CNC(=O)c1n[nH]c(C2CC2)n1. The van der Waals surface area contributed by atoms with Crippen LogP contribution in [0.25, 0.3) is 0 Å². The number of nitrogens with zero attached hydrogens (tertiary/aromatic N) is 2. The van der Waals surface area contributed by atoms with Crippen molar-refractivity contribution in [1.82, 2.24) is 20.5 Å². The number of hydrogen-bond acceptors (Lipinski definition) is 5. The number of carbonyl (C=O) groups is 2. The number of aromatic amines is 1. The van der Waals surface area contributed by atoms with Crippen LogP contribution in [-0.4, -0.2) is 40.2 Å². The molecule has 2 rings (SSSR count). The Morgan fingerprint density at radius 1 is 1.53 bits per heavy atom. The fourth-order valence-corrected chi connectivity index (χ4v) is 1.36. The molecule has 17 heavy (non-hydrogen) atoms. The molecule has 1 heterocycles. The summed E-state index contributed by atoms with van der Waals surface area (Å²) in [4.78, 5) is 26.6. The van der Waals surface area contributed by atoms with E-state index in [1.165, 1.54) is 0 Å². The Labute approximate surface area is 97.9 Å². The summed E-state index contributed by atoms with van der Waals surface area (Å²) in [5.74, 6) is 0.275. The molecule has 2 N–H and O–H groups in total. The molecule has 7 nitrogen and oxygen atoms in total. The van der Waals surface area contributed by atoms with Crippen molar-refractivity contribution in [3.05, 3.63) is 11.6 Å². The number of hydrogen-bond donors (Lipinski definition) is 2. The van der Waals surface area contributed by atoms with Crippen LogP contribution >= 0.6 is 0 Å². The van der Waals surface area contributed by atoms with Crippen molar-refractivity contribution >= 4 is 11.9 Å². The van der Waals surface area contributed by atoms with Crippen molar-refractivity contribution in [3.63, 3.8) is 0 Å². The van der Waals surface area contributed by atoms with Crippen LogP contribution in [0.1, 0.15) is 42.1 Å². The first-order valence-corrected chi connectivity index (χ1v) is 5.56. The maximum Gasteiger partial charge on any atom is 0.325 e. The van der Waals surface area contributed by atoms with Gasteiger partial charge in [-0.25, -0.2) is 4.98 Å². The van der Waals surface area contributed by atoms with Gasteiger partial charge in [0.15, 0.2) is 0 Å². The minimum absolute atomic E-state index is 0.0659. The Hall–Kier alpha value is -1.92. The summed E-state index contributed by atoms with van der Waals surface area (Å²) in [6.07, 6.45) is 2.16. The zero-order chi connectivity index (χ0) is 12.3. The summed E-state index contributed by atoms with van der Waals surface area (Å²) in [6, 6.07) is 0. The highest BCUT2D eigenvalue weighted by Gasteiger charge is 2.28. The number of esters is 1. The normalized spacial score (nSPS) is 14.4. The van der Waals surface area contributed by atoms with Gasteiger partial charge in [0.05, 0.1) is 6.61 Å². The van der Waals surface area contributed by atoms with Gasteiger partial charge in [-0.15, -0.1) is 5.10 Å². The van der Waals surface area contributed by atoms with Gasteiger partial charge in [0.2, 0.25) is 5.82 Å². The van der Waals surface area contributed by atoms with E-state index in [1.807, 2.05) is 0 Å². The van der Waals surface area contributed by atoms with Crippen LogP contribution < -0.4 is 5.32 Å². The van der Waals surface area contributed by atoms with E-state index in [4.69, 9.17) is 0 Å². The number of amides is 1. The number of carbonyl (C=O) groups excluding carboxylic acids is 2. The average molecular weight is 238 g/mol. The van der Waals surface area contributed by atoms with Gasteiger partial charge in [0.25, 0.3) is 5.91 Å². The maximum atomic E-state index is 11.5. The fraction of sp³-hybridized carbons (Fsp3) is 0.600. The third-order valence-electron chi connectivity index (χ3n) is 2.37. The van der Waals surface area contributed by atoms with Gasteiger partial charge in [-0.3, -0.25) is 14.7 Å². The molecule has 7 heteroatoms. The molecule has 1 fully saturated rings. The molecule has 0 aromatic carbocycles. The lowest BCUT2D eigenvalue weighted by molar-refractivity contribution is -0.141. The van der Waals surface area contributed by atoms with Crippen LogP contribution in [0.3, 0.4) is 0 Å². The van der Waals surface area contributed by atoms with Crippen molar-refractivity contribution in [2.24, 2.45) is 0 Å². The minimum Gasteiger partial charge on any atom is -0.465 e. The molecule has 1 aliphatic rings. The molecule has 0 atom stereocenters. The quantitative estimate of drug-likeness (QED) is 0.702. The summed E-state index contributed by atoms with van der Waals surface area (Å²) in [7, 11) is 0. The fourth-order valence-electron chi connectivity index (χ4n) is 1.36. The second-order valence-electron chi connectivity index (χ2n) is 3.81. The third kappa shape index (κ3) is 3.02. The first-order chi connectivity index (χ1) is 8.20. The van der Waals surface area contributed by atoms with Crippen molar-refractivity contribution in [3.8, 4) is 0 Å². The summed E-state index contributed by atoms with van der Waals surface area (Å²) >= 11 is 0. The monoisotopic (exact) mass is 238 g/mol. The Balaban J connectivity index is 1.83. The molecule has 0 radical (unpaired) electrons. The Morgan fingerprint density at radius 3 is 2.94 bits per heavy atom. The molecule has 1 aromatic heterocycles.